The number of nitrogens with two attached hydrogens (primary N) is 1. The molecule has 0 heterocycles. The van der Waals surface area contributed by atoms with Gasteiger partial charge in [0.1, 0.15) is 0 Å². The van der Waals surface area contributed by atoms with Crippen molar-refractivity contribution in [2.24, 2.45) is 5.84 Å². The molecule has 3 N–H and O–H groups in total. The topological polar surface area (TPSA) is 64.8 Å². The first-order chi connectivity index (χ1) is 6.08. The van der Waals surface area contributed by atoms with Gasteiger partial charge in [0, 0.05) is 27.2 Å². The minimum absolute atomic E-state index is 0.339. The summed E-state index contributed by atoms with van der Waals surface area (Å²) in [6.07, 6.45) is 0. The van der Waals surface area contributed by atoms with Crippen LogP contribution in [-0.2, 0) is 0 Å². The quantitative estimate of drug-likeness (QED) is 0.359. The van der Waals surface area contributed by atoms with Gasteiger partial charge in [0.15, 0.2) is 0 Å². The summed E-state index contributed by atoms with van der Waals surface area (Å²) in [7, 11) is 3.57. The van der Waals surface area contributed by atoms with Crippen LogP contribution in [0.4, 0.5) is 4.79 Å². The fraction of sp³-hybridized carbons (Fsp3) is 0.857. The van der Waals surface area contributed by atoms with Crippen molar-refractivity contribution in [1.82, 2.24) is 20.6 Å². The lowest BCUT2D eigenvalue weighted by Crippen LogP contribution is -2.58. The van der Waals surface area contributed by atoms with E-state index in [2.05, 4.69) is 5.43 Å². The fourth-order valence-corrected chi connectivity index (χ4v) is 1.11. The molecule has 0 saturated carbocycles. The molecule has 0 spiro atoms. The third-order valence-corrected chi connectivity index (χ3v) is 1.68. The largest absolute Gasteiger partial charge is 0.361 e. The third-order valence-electron chi connectivity index (χ3n) is 1.68. The van der Waals surface area contributed by atoms with E-state index in [0.29, 0.717) is 0 Å². The van der Waals surface area contributed by atoms with Crippen molar-refractivity contribution in [3.05, 3.63) is 0 Å². The van der Waals surface area contributed by atoms with Gasteiger partial charge in [-0.05, 0) is 0 Å². The highest BCUT2D eigenvalue weighted by atomic mass is 16.2. The van der Waals surface area contributed by atoms with E-state index in [1.165, 1.54) is 5.12 Å². The van der Waals surface area contributed by atoms with Gasteiger partial charge >= 0.3 is 6.03 Å². The summed E-state index contributed by atoms with van der Waals surface area (Å²) in [6, 6.07) is -0.339. The van der Waals surface area contributed by atoms with E-state index in [-0.39, 0.29) is 6.03 Å². The van der Waals surface area contributed by atoms with E-state index in [4.69, 9.17) is 5.84 Å². The molecular weight excluding hydrogens is 170 g/mol. The molecule has 0 aromatic carbocycles. The molecule has 0 fully saturated rings. The van der Waals surface area contributed by atoms with E-state index in [0.717, 1.165) is 13.1 Å². The Balaban J connectivity index is 4.47. The van der Waals surface area contributed by atoms with Crippen LogP contribution in [0.25, 0.3) is 0 Å². The third kappa shape index (κ3) is 3.17. The maximum Gasteiger partial charge on any atom is 0.361 e. The molecule has 13 heavy (non-hydrogen) atoms. The van der Waals surface area contributed by atoms with E-state index in [9.17, 15) is 4.79 Å². The predicted molar refractivity (Wildman–Crippen MR) is 51.2 cm³/mol. The standard InChI is InChI=1S/C7H19N5O/c1-5-11(6-2)12(10(3)4)7(13)9-8/h5-6,8H2,1-4H3,(H,9,13). The second-order valence-corrected chi connectivity index (χ2v) is 2.73. The Morgan fingerprint density at radius 2 is 1.77 bits per heavy atom. The highest BCUT2D eigenvalue weighted by Gasteiger charge is 2.19. The van der Waals surface area contributed by atoms with Crippen molar-refractivity contribution in [1.29, 1.82) is 0 Å². The molecule has 0 aromatic heterocycles. The van der Waals surface area contributed by atoms with Crippen LogP contribution in [0.5, 0.6) is 0 Å². The Bertz CT molecular complexity index is 157. The minimum atomic E-state index is -0.339. The highest BCUT2D eigenvalue weighted by molar-refractivity contribution is 5.72. The summed E-state index contributed by atoms with van der Waals surface area (Å²) >= 11 is 0. The molecule has 0 aromatic rings. The van der Waals surface area contributed by atoms with Gasteiger partial charge in [0.2, 0.25) is 0 Å². The van der Waals surface area contributed by atoms with Gasteiger partial charge in [0.05, 0.1) is 0 Å². The highest BCUT2D eigenvalue weighted by Crippen LogP contribution is 1.99. The molecule has 0 aliphatic rings. The molecule has 0 aliphatic heterocycles. The fourth-order valence-electron chi connectivity index (χ4n) is 1.11. The van der Waals surface area contributed by atoms with E-state index >= 15 is 0 Å². The van der Waals surface area contributed by atoms with Gasteiger partial charge in [0.25, 0.3) is 0 Å². The van der Waals surface area contributed by atoms with Gasteiger partial charge in [-0.3, -0.25) is 5.43 Å². The SMILES string of the molecule is CCN(CC)N(C(=O)NN)N(C)C. The first-order valence-electron chi connectivity index (χ1n) is 4.31. The predicted octanol–water partition coefficient (Wildman–Crippen LogP) is -0.395. The van der Waals surface area contributed by atoms with Crippen molar-refractivity contribution in [2.75, 3.05) is 27.2 Å². The maximum absolute atomic E-state index is 11.3. The number of amides is 2. The monoisotopic (exact) mass is 189 g/mol. The molecule has 0 rings (SSSR count). The Hall–Kier alpha value is -0.850. The second kappa shape index (κ2) is 5.74. The van der Waals surface area contributed by atoms with Crippen LogP contribution in [0, 0.1) is 0 Å². The van der Waals surface area contributed by atoms with Gasteiger partial charge in [-0.2, -0.15) is 5.12 Å². The number of rotatable bonds is 4. The van der Waals surface area contributed by atoms with Crippen LogP contribution in [0.15, 0.2) is 0 Å². The molecule has 0 radical (unpaired) electrons. The van der Waals surface area contributed by atoms with Gasteiger partial charge in [-0.15, -0.1) is 0 Å². The van der Waals surface area contributed by atoms with Gasteiger partial charge in [-0.1, -0.05) is 13.8 Å². The van der Waals surface area contributed by atoms with Gasteiger partial charge in [-0.25, -0.2) is 20.7 Å². The number of hydrazine groups is 3. The summed E-state index contributed by atoms with van der Waals surface area (Å²) < 4.78 is 0. The number of urea groups is 1. The lowest BCUT2D eigenvalue weighted by atomic mass is 10.6. The Kier molecular flexibility index (Phi) is 5.36. The van der Waals surface area contributed by atoms with E-state index < -0.39 is 0 Å². The Labute approximate surface area is 79.2 Å². The van der Waals surface area contributed by atoms with E-state index in [1.54, 1.807) is 19.1 Å². The zero-order chi connectivity index (χ0) is 10.4. The smallest absolute Gasteiger partial charge is 0.274 e. The van der Waals surface area contributed by atoms with Gasteiger partial charge < -0.3 is 0 Å². The zero-order valence-corrected chi connectivity index (χ0v) is 8.74. The van der Waals surface area contributed by atoms with Crippen LogP contribution >= 0.6 is 0 Å². The lowest BCUT2D eigenvalue weighted by molar-refractivity contribution is -0.111. The first-order valence-corrected chi connectivity index (χ1v) is 4.31. The lowest BCUT2D eigenvalue weighted by Gasteiger charge is -2.36. The molecule has 0 atom stereocenters. The number of nitrogens with one attached hydrogen (secondary N) is 1. The molecule has 0 unspecified atom stereocenters. The summed E-state index contributed by atoms with van der Waals surface area (Å²) in [5.41, 5.74) is 2.10. The number of hydrogen-bond acceptors (Lipinski definition) is 4. The molecule has 6 heteroatoms. The minimum Gasteiger partial charge on any atom is -0.274 e. The zero-order valence-electron chi connectivity index (χ0n) is 8.74. The molecule has 0 saturated heterocycles. The average Bonchev–Trinajstić information content (AvgIpc) is 2.12. The molecule has 78 valence electrons. The molecule has 2 amide bonds. The summed E-state index contributed by atoms with van der Waals surface area (Å²) in [5, 5.41) is 5.00. The molecule has 0 aliphatic carbocycles. The summed E-state index contributed by atoms with van der Waals surface area (Å²) in [6.45, 7) is 5.46. The van der Waals surface area contributed by atoms with E-state index in [1.807, 2.05) is 18.9 Å². The number of hydrogen-bond donors (Lipinski definition) is 2. The van der Waals surface area contributed by atoms with Crippen molar-refractivity contribution in [2.45, 2.75) is 13.8 Å². The number of carbonyl (C=O) groups is 1. The average molecular weight is 189 g/mol. The normalized spacial score (nSPS) is 10.7. The van der Waals surface area contributed by atoms with Crippen LogP contribution < -0.4 is 11.3 Å². The second-order valence-electron chi connectivity index (χ2n) is 2.73. The van der Waals surface area contributed by atoms with Crippen LogP contribution in [0.2, 0.25) is 0 Å². The summed E-state index contributed by atoms with van der Waals surface area (Å²) in [5.74, 6) is 5.06. The molecule has 6 nitrogen and oxygen atoms in total. The maximum atomic E-state index is 11.3. The van der Waals surface area contributed by atoms with Crippen molar-refractivity contribution >= 4 is 6.03 Å². The van der Waals surface area contributed by atoms with Crippen molar-refractivity contribution in [3.63, 3.8) is 0 Å². The van der Waals surface area contributed by atoms with Crippen molar-refractivity contribution < 1.29 is 4.79 Å². The number of nitrogens with zero attached hydrogens (tertiary/aromatic N) is 3. The Morgan fingerprint density at radius 3 is 2.00 bits per heavy atom. The first kappa shape index (κ1) is 12.2. The van der Waals surface area contributed by atoms with Crippen LogP contribution in [0.3, 0.4) is 0 Å². The van der Waals surface area contributed by atoms with Crippen LogP contribution in [0.1, 0.15) is 13.8 Å². The Morgan fingerprint density at radius 1 is 1.31 bits per heavy atom. The molecule has 0 bridgehead atoms. The molecular formula is C7H19N5O. The summed E-state index contributed by atoms with van der Waals surface area (Å²) in [4.78, 5) is 11.3. The number of carbonyl (C=O) groups excluding carboxylic acids is 1. The van der Waals surface area contributed by atoms with Crippen LogP contribution in [-0.4, -0.2) is 48.4 Å². The van der Waals surface area contributed by atoms with Crippen molar-refractivity contribution in [3.8, 4) is 0 Å².